The average molecular weight is 275 g/mol. The SMILES string of the molecule is CCC(C)[C@H](NC(=O)/C=C/c1ccccc1C)C(=O)O. The second kappa shape index (κ2) is 7.48. The number of carbonyl (C=O) groups excluding carboxylic acids is 1. The topological polar surface area (TPSA) is 66.4 Å². The molecule has 0 radical (unpaired) electrons. The minimum absolute atomic E-state index is 0.108. The van der Waals surface area contributed by atoms with Crippen molar-refractivity contribution in [3.8, 4) is 0 Å². The van der Waals surface area contributed by atoms with Gasteiger partial charge in [-0.2, -0.15) is 0 Å². The van der Waals surface area contributed by atoms with Gasteiger partial charge >= 0.3 is 5.97 Å². The number of amides is 1. The molecule has 0 aliphatic heterocycles. The largest absolute Gasteiger partial charge is 0.480 e. The van der Waals surface area contributed by atoms with Crippen molar-refractivity contribution in [1.82, 2.24) is 5.32 Å². The van der Waals surface area contributed by atoms with E-state index in [-0.39, 0.29) is 11.8 Å². The molecule has 2 atom stereocenters. The molecule has 0 bridgehead atoms. The number of benzene rings is 1. The summed E-state index contributed by atoms with van der Waals surface area (Å²) in [6.07, 6.45) is 3.76. The lowest BCUT2D eigenvalue weighted by molar-refractivity contribution is -0.142. The molecule has 1 aromatic carbocycles. The van der Waals surface area contributed by atoms with Gasteiger partial charge in [0, 0.05) is 6.08 Å². The summed E-state index contributed by atoms with van der Waals surface area (Å²) >= 11 is 0. The van der Waals surface area contributed by atoms with Crippen LogP contribution in [0.5, 0.6) is 0 Å². The van der Waals surface area contributed by atoms with Crippen LogP contribution in [0.2, 0.25) is 0 Å². The van der Waals surface area contributed by atoms with Gasteiger partial charge < -0.3 is 10.4 Å². The molecule has 1 unspecified atom stereocenters. The van der Waals surface area contributed by atoms with Crippen LogP contribution in [-0.2, 0) is 9.59 Å². The fourth-order valence-corrected chi connectivity index (χ4v) is 1.82. The number of hydrogen-bond donors (Lipinski definition) is 2. The van der Waals surface area contributed by atoms with E-state index in [1.807, 2.05) is 45.0 Å². The molecular weight excluding hydrogens is 254 g/mol. The third kappa shape index (κ3) is 4.53. The molecule has 0 aromatic heterocycles. The van der Waals surface area contributed by atoms with E-state index in [2.05, 4.69) is 5.32 Å². The summed E-state index contributed by atoms with van der Waals surface area (Å²) in [6.45, 7) is 5.66. The number of carboxylic acids is 1. The van der Waals surface area contributed by atoms with Crippen molar-refractivity contribution in [3.63, 3.8) is 0 Å². The Morgan fingerprint density at radius 3 is 2.55 bits per heavy atom. The maximum atomic E-state index is 11.8. The molecule has 0 heterocycles. The lowest BCUT2D eigenvalue weighted by Gasteiger charge is -2.19. The molecule has 1 aromatic rings. The Bertz CT molecular complexity index is 508. The summed E-state index contributed by atoms with van der Waals surface area (Å²) < 4.78 is 0. The van der Waals surface area contributed by atoms with Crippen LogP contribution >= 0.6 is 0 Å². The van der Waals surface area contributed by atoms with Crippen LogP contribution in [0.3, 0.4) is 0 Å². The van der Waals surface area contributed by atoms with Crippen LogP contribution in [-0.4, -0.2) is 23.0 Å². The van der Waals surface area contributed by atoms with Crippen molar-refractivity contribution in [2.75, 3.05) is 0 Å². The monoisotopic (exact) mass is 275 g/mol. The van der Waals surface area contributed by atoms with Crippen LogP contribution in [0.15, 0.2) is 30.3 Å². The number of nitrogens with one attached hydrogen (secondary N) is 1. The fraction of sp³-hybridized carbons (Fsp3) is 0.375. The Kier molecular flexibility index (Phi) is 5.97. The normalized spacial score (nSPS) is 13.9. The van der Waals surface area contributed by atoms with E-state index >= 15 is 0 Å². The van der Waals surface area contributed by atoms with Crippen LogP contribution in [0.4, 0.5) is 0 Å². The first kappa shape index (κ1) is 16.0. The van der Waals surface area contributed by atoms with Gasteiger partial charge in [-0.1, -0.05) is 44.5 Å². The molecule has 0 spiro atoms. The first-order valence-corrected chi connectivity index (χ1v) is 6.72. The van der Waals surface area contributed by atoms with Crippen molar-refractivity contribution < 1.29 is 14.7 Å². The number of carbonyl (C=O) groups is 2. The van der Waals surface area contributed by atoms with Crippen LogP contribution in [0.1, 0.15) is 31.4 Å². The summed E-state index contributed by atoms with van der Waals surface area (Å²) in [6, 6.07) is 6.83. The molecular formula is C16H21NO3. The highest BCUT2D eigenvalue weighted by molar-refractivity contribution is 5.94. The summed E-state index contributed by atoms with van der Waals surface area (Å²) in [5.41, 5.74) is 2.01. The van der Waals surface area contributed by atoms with Crippen LogP contribution in [0.25, 0.3) is 6.08 Å². The summed E-state index contributed by atoms with van der Waals surface area (Å²) in [5.74, 6) is -1.50. The number of rotatable bonds is 6. The maximum absolute atomic E-state index is 11.8. The second-order valence-electron chi connectivity index (χ2n) is 4.90. The zero-order valence-electron chi connectivity index (χ0n) is 12.1. The zero-order chi connectivity index (χ0) is 15.1. The standard InChI is InChI=1S/C16H21NO3/c1-4-11(2)15(16(19)20)17-14(18)10-9-13-8-6-5-7-12(13)3/h5-11,15H,4H2,1-3H3,(H,17,18)(H,19,20)/b10-9+/t11?,15-/m0/s1. The van der Waals surface area contributed by atoms with E-state index in [4.69, 9.17) is 5.11 Å². The van der Waals surface area contributed by atoms with Gasteiger partial charge in [-0.15, -0.1) is 0 Å². The van der Waals surface area contributed by atoms with Gasteiger partial charge in [-0.3, -0.25) is 4.79 Å². The Labute approximate surface area is 119 Å². The molecule has 20 heavy (non-hydrogen) atoms. The van der Waals surface area contributed by atoms with Gasteiger partial charge in [0.25, 0.3) is 0 Å². The van der Waals surface area contributed by atoms with Gasteiger partial charge in [0.2, 0.25) is 5.91 Å². The maximum Gasteiger partial charge on any atom is 0.326 e. The third-order valence-electron chi connectivity index (χ3n) is 3.38. The average Bonchev–Trinajstić information content (AvgIpc) is 2.42. The predicted octanol–water partition coefficient (Wildman–Crippen LogP) is 2.62. The van der Waals surface area contributed by atoms with Crippen molar-refractivity contribution in [2.45, 2.75) is 33.2 Å². The highest BCUT2D eigenvalue weighted by atomic mass is 16.4. The molecule has 1 rings (SSSR count). The summed E-state index contributed by atoms with van der Waals surface area (Å²) in [5, 5.41) is 11.6. The van der Waals surface area contributed by atoms with Crippen molar-refractivity contribution in [2.24, 2.45) is 5.92 Å². The van der Waals surface area contributed by atoms with E-state index in [1.54, 1.807) is 6.08 Å². The summed E-state index contributed by atoms with van der Waals surface area (Å²) in [7, 11) is 0. The van der Waals surface area contributed by atoms with Gasteiger partial charge in [0.05, 0.1) is 0 Å². The highest BCUT2D eigenvalue weighted by Gasteiger charge is 2.24. The van der Waals surface area contributed by atoms with Gasteiger partial charge in [0.1, 0.15) is 6.04 Å². The minimum atomic E-state index is -1.00. The Morgan fingerprint density at radius 2 is 2.00 bits per heavy atom. The van der Waals surface area contributed by atoms with Crippen molar-refractivity contribution in [3.05, 3.63) is 41.5 Å². The van der Waals surface area contributed by atoms with E-state index in [1.165, 1.54) is 6.08 Å². The van der Waals surface area contributed by atoms with Gasteiger partial charge in [0.15, 0.2) is 0 Å². The number of aliphatic carboxylic acids is 1. The first-order valence-electron chi connectivity index (χ1n) is 6.72. The molecule has 4 nitrogen and oxygen atoms in total. The molecule has 0 aliphatic carbocycles. The minimum Gasteiger partial charge on any atom is -0.480 e. The Balaban J connectivity index is 2.71. The molecule has 1 amide bonds. The third-order valence-corrected chi connectivity index (χ3v) is 3.38. The quantitative estimate of drug-likeness (QED) is 0.784. The first-order chi connectivity index (χ1) is 9.45. The number of aryl methyl sites for hydroxylation is 1. The molecule has 4 heteroatoms. The Hall–Kier alpha value is -2.10. The number of carboxylic acid groups (broad SMARTS) is 1. The van der Waals surface area contributed by atoms with Gasteiger partial charge in [-0.05, 0) is 30.0 Å². The predicted molar refractivity (Wildman–Crippen MR) is 79.2 cm³/mol. The molecule has 0 aliphatic rings. The lowest BCUT2D eigenvalue weighted by atomic mass is 9.99. The highest BCUT2D eigenvalue weighted by Crippen LogP contribution is 2.10. The van der Waals surface area contributed by atoms with E-state index in [9.17, 15) is 9.59 Å². The second-order valence-corrected chi connectivity index (χ2v) is 4.90. The van der Waals surface area contributed by atoms with Gasteiger partial charge in [-0.25, -0.2) is 4.79 Å². The Morgan fingerprint density at radius 1 is 1.35 bits per heavy atom. The van der Waals surface area contributed by atoms with Crippen LogP contribution < -0.4 is 5.32 Å². The van der Waals surface area contributed by atoms with E-state index < -0.39 is 12.0 Å². The molecule has 108 valence electrons. The lowest BCUT2D eigenvalue weighted by Crippen LogP contribution is -2.44. The molecule has 0 saturated heterocycles. The van der Waals surface area contributed by atoms with Crippen molar-refractivity contribution in [1.29, 1.82) is 0 Å². The number of hydrogen-bond acceptors (Lipinski definition) is 2. The van der Waals surface area contributed by atoms with E-state index in [0.717, 1.165) is 11.1 Å². The fourth-order valence-electron chi connectivity index (χ4n) is 1.82. The molecule has 0 fully saturated rings. The van der Waals surface area contributed by atoms with E-state index in [0.29, 0.717) is 6.42 Å². The van der Waals surface area contributed by atoms with Crippen LogP contribution in [0, 0.1) is 12.8 Å². The molecule has 0 saturated carbocycles. The smallest absolute Gasteiger partial charge is 0.326 e. The molecule has 2 N–H and O–H groups in total. The van der Waals surface area contributed by atoms with Crippen molar-refractivity contribution >= 4 is 18.0 Å². The zero-order valence-corrected chi connectivity index (χ0v) is 12.1. The summed E-state index contributed by atoms with van der Waals surface area (Å²) in [4.78, 5) is 22.9.